The highest BCUT2D eigenvalue weighted by Gasteiger charge is 2.28. The molecule has 0 radical (unpaired) electrons. The summed E-state index contributed by atoms with van der Waals surface area (Å²) >= 11 is 0. The van der Waals surface area contributed by atoms with Crippen molar-refractivity contribution in [2.45, 2.75) is 70.3 Å². The summed E-state index contributed by atoms with van der Waals surface area (Å²) in [4.78, 5) is 18.1. The summed E-state index contributed by atoms with van der Waals surface area (Å²) in [5.41, 5.74) is 7.43. The van der Waals surface area contributed by atoms with Crippen LogP contribution in [0.2, 0.25) is 0 Å². The number of carbonyl (C=O) groups excluding carboxylic acids is 1. The quantitative estimate of drug-likeness (QED) is 0.398. The molecular weight excluding hydrogens is 442 g/mol. The van der Waals surface area contributed by atoms with Gasteiger partial charge in [0.05, 0.1) is 5.69 Å². The Morgan fingerprint density at radius 3 is 2.17 bits per heavy atom. The van der Waals surface area contributed by atoms with Crippen molar-refractivity contribution in [3.05, 3.63) is 77.5 Å². The fourth-order valence-corrected chi connectivity index (χ4v) is 6.64. The number of hydrogen-bond donors (Lipinski definition) is 0. The molecule has 0 saturated carbocycles. The number of likely N-dealkylation sites (tertiary alicyclic amines) is 2. The van der Waals surface area contributed by atoms with Crippen LogP contribution in [-0.4, -0.2) is 52.5 Å². The molecule has 0 atom stereocenters. The van der Waals surface area contributed by atoms with E-state index >= 15 is 0 Å². The van der Waals surface area contributed by atoms with Gasteiger partial charge in [0.15, 0.2) is 0 Å². The highest BCUT2D eigenvalue weighted by molar-refractivity contribution is 5.94. The van der Waals surface area contributed by atoms with E-state index in [9.17, 15) is 4.79 Å². The molecule has 1 aromatic heterocycles. The van der Waals surface area contributed by atoms with Crippen LogP contribution in [0.5, 0.6) is 0 Å². The van der Waals surface area contributed by atoms with Crippen LogP contribution in [-0.2, 0) is 12.8 Å². The van der Waals surface area contributed by atoms with Gasteiger partial charge in [0.25, 0.3) is 5.91 Å². The Labute approximate surface area is 215 Å². The largest absolute Gasteiger partial charge is 0.339 e. The highest BCUT2D eigenvalue weighted by Crippen LogP contribution is 2.33. The Balaban J connectivity index is 1.21. The molecule has 0 bridgehead atoms. The van der Waals surface area contributed by atoms with Crippen molar-refractivity contribution < 1.29 is 4.79 Å². The van der Waals surface area contributed by atoms with Crippen molar-refractivity contribution in [1.29, 1.82) is 0 Å². The van der Waals surface area contributed by atoms with Crippen molar-refractivity contribution in [2.24, 2.45) is 0 Å². The fraction of sp³-hybridized carbons (Fsp3) is 0.469. The molecule has 188 valence electrons. The van der Waals surface area contributed by atoms with Crippen LogP contribution in [0, 0.1) is 0 Å². The molecule has 1 aliphatic carbocycles. The van der Waals surface area contributed by atoms with Crippen molar-refractivity contribution in [1.82, 2.24) is 14.4 Å². The van der Waals surface area contributed by atoms with Gasteiger partial charge in [-0.25, -0.2) is 0 Å². The smallest absolute Gasteiger partial charge is 0.253 e. The number of piperidine rings is 2. The number of hydrogen-bond acceptors (Lipinski definition) is 2. The van der Waals surface area contributed by atoms with E-state index in [1.54, 1.807) is 0 Å². The Kier molecular flexibility index (Phi) is 6.96. The number of rotatable bonds is 4. The number of aryl methyl sites for hydroxylation is 1. The Hall–Kier alpha value is -2.85. The van der Waals surface area contributed by atoms with E-state index in [-0.39, 0.29) is 5.91 Å². The van der Waals surface area contributed by atoms with Crippen LogP contribution >= 0.6 is 0 Å². The molecule has 4 nitrogen and oxygen atoms in total. The average Bonchev–Trinajstić information content (AvgIpc) is 3.16. The van der Waals surface area contributed by atoms with E-state index in [4.69, 9.17) is 0 Å². The minimum Gasteiger partial charge on any atom is -0.339 e. The molecule has 2 saturated heterocycles. The van der Waals surface area contributed by atoms with E-state index < -0.39 is 0 Å². The monoisotopic (exact) mass is 481 g/mol. The van der Waals surface area contributed by atoms with Crippen molar-refractivity contribution >= 4 is 5.91 Å². The van der Waals surface area contributed by atoms with E-state index in [0.29, 0.717) is 6.04 Å². The predicted octanol–water partition coefficient (Wildman–Crippen LogP) is 6.50. The molecule has 0 spiro atoms. The second-order valence-electron chi connectivity index (χ2n) is 10.9. The van der Waals surface area contributed by atoms with Crippen molar-refractivity contribution in [3.8, 4) is 16.9 Å². The minimum atomic E-state index is 0.188. The number of nitrogens with zero attached hydrogens (tertiary/aromatic N) is 3. The zero-order chi connectivity index (χ0) is 24.3. The molecule has 2 aromatic carbocycles. The summed E-state index contributed by atoms with van der Waals surface area (Å²) in [6.45, 7) is 4.25. The molecule has 3 aromatic rings. The van der Waals surface area contributed by atoms with Gasteiger partial charge in [-0.1, -0.05) is 43.2 Å². The first kappa shape index (κ1) is 23.5. The molecule has 1 amide bonds. The Morgan fingerprint density at radius 2 is 1.42 bits per heavy atom. The maximum atomic E-state index is 13.4. The van der Waals surface area contributed by atoms with Gasteiger partial charge < -0.3 is 14.4 Å². The Morgan fingerprint density at radius 1 is 0.722 bits per heavy atom. The van der Waals surface area contributed by atoms with E-state index in [1.165, 1.54) is 74.1 Å². The summed E-state index contributed by atoms with van der Waals surface area (Å²) in [7, 11) is 0. The fourth-order valence-electron chi connectivity index (χ4n) is 6.64. The lowest BCUT2D eigenvalue weighted by Crippen LogP contribution is -2.48. The standard InChI is InChI=1S/C32H39N3O/c36-32(34-22-18-28(19-23-34)33-20-8-3-9-21-33)26-14-16-29(17-15-26)35-30-13-7-2-6-12-27(30)24-31(35)25-10-4-1-5-11-25/h1,4-5,10-11,14-17,24,28H,2-3,6-9,12-13,18-23H2. The van der Waals surface area contributed by atoms with Crippen molar-refractivity contribution in [2.75, 3.05) is 26.2 Å². The lowest BCUT2D eigenvalue weighted by Gasteiger charge is -2.40. The molecule has 2 aliphatic heterocycles. The first-order chi connectivity index (χ1) is 17.8. The van der Waals surface area contributed by atoms with E-state index in [2.05, 4.69) is 62.9 Å². The van der Waals surface area contributed by atoms with Crippen LogP contribution in [0.15, 0.2) is 60.7 Å². The minimum absolute atomic E-state index is 0.188. The number of fused-ring (bicyclic) bond motifs is 1. The van der Waals surface area contributed by atoms with Gasteiger partial charge in [-0.3, -0.25) is 4.79 Å². The van der Waals surface area contributed by atoms with Gasteiger partial charge in [-0.2, -0.15) is 0 Å². The first-order valence-electron chi connectivity index (χ1n) is 14.2. The summed E-state index contributed by atoms with van der Waals surface area (Å²) in [5.74, 6) is 0.188. The summed E-state index contributed by atoms with van der Waals surface area (Å²) in [6, 6.07) is 22.2. The maximum absolute atomic E-state index is 13.4. The summed E-state index contributed by atoms with van der Waals surface area (Å²) in [5, 5.41) is 0. The summed E-state index contributed by atoms with van der Waals surface area (Å²) in [6.07, 6.45) is 12.4. The first-order valence-corrected chi connectivity index (χ1v) is 14.2. The molecule has 2 fully saturated rings. The van der Waals surface area contributed by atoms with Crippen LogP contribution in [0.3, 0.4) is 0 Å². The second-order valence-corrected chi connectivity index (χ2v) is 10.9. The Bertz CT molecular complexity index is 1170. The second kappa shape index (κ2) is 10.6. The molecule has 6 rings (SSSR count). The van der Waals surface area contributed by atoms with Gasteiger partial charge in [-0.05, 0) is 106 Å². The maximum Gasteiger partial charge on any atom is 0.253 e. The van der Waals surface area contributed by atoms with Crippen LogP contribution in [0.1, 0.15) is 73.0 Å². The van der Waals surface area contributed by atoms with Crippen LogP contribution < -0.4 is 0 Å². The average molecular weight is 482 g/mol. The normalized spacial score (nSPS) is 19.6. The van der Waals surface area contributed by atoms with E-state index in [1.807, 2.05) is 12.1 Å². The lowest BCUT2D eigenvalue weighted by molar-refractivity contribution is 0.0590. The van der Waals surface area contributed by atoms with Gasteiger partial charge in [-0.15, -0.1) is 0 Å². The number of aromatic nitrogens is 1. The number of amides is 1. The molecule has 3 aliphatic rings. The van der Waals surface area contributed by atoms with Crippen LogP contribution in [0.4, 0.5) is 0 Å². The molecule has 4 heteroatoms. The third-order valence-electron chi connectivity index (χ3n) is 8.65. The molecule has 3 heterocycles. The van der Waals surface area contributed by atoms with Gasteiger partial charge in [0.2, 0.25) is 0 Å². The number of carbonyl (C=O) groups is 1. The SMILES string of the molecule is O=C(c1ccc(-n2c(-c3ccccc3)cc3c2CCCCC3)cc1)N1CCC(N2CCCCC2)CC1. The van der Waals surface area contributed by atoms with Gasteiger partial charge in [0, 0.05) is 36.1 Å². The molecule has 0 N–H and O–H groups in total. The molecular formula is C32H39N3O. The molecule has 0 unspecified atom stereocenters. The van der Waals surface area contributed by atoms with Gasteiger partial charge in [0.1, 0.15) is 0 Å². The number of benzene rings is 2. The highest BCUT2D eigenvalue weighted by atomic mass is 16.2. The summed E-state index contributed by atoms with van der Waals surface area (Å²) < 4.78 is 2.45. The van der Waals surface area contributed by atoms with E-state index in [0.717, 1.165) is 50.0 Å². The lowest BCUT2D eigenvalue weighted by atomic mass is 9.99. The third-order valence-corrected chi connectivity index (χ3v) is 8.65. The third kappa shape index (κ3) is 4.76. The zero-order valence-corrected chi connectivity index (χ0v) is 21.5. The molecule has 36 heavy (non-hydrogen) atoms. The zero-order valence-electron chi connectivity index (χ0n) is 21.5. The predicted molar refractivity (Wildman–Crippen MR) is 147 cm³/mol. The van der Waals surface area contributed by atoms with Crippen LogP contribution in [0.25, 0.3) is 16.9 Å². The topological polar surface area (TPSA) is 28.5 Å². The van der Waals surface area contributed by atoms with Gasteiger partial charge >= 0.3 is 0 Å². The van der Waals surface area contributed by atoms with Crippen molar-refractivity contribution in [3.63, 3.8) is 0 Å².